The summed E-state index contributed by atoms with van der Waals surface area (Å²) in [5.41, 5.74) is 0.387. The summed E-state index contributed by atoms with van der Waals surface area (Å²) in [7, 11) is 3.12. The van der Waals surface area contributed by atoms with Crippen LogP contribution in [0.4, 0.5) is 13.2 Å². The first kappa shape index (κ1) is 21.0. The summed E-state index contributed by atoms with van der Waals surface area (Å²) in [6, 6.07) is 6.48. The van der Waals surface area contributed by atoms with E-state index in [0.717, 1.165) is 24.5 Å². The van der Waals surface area contributed by atoms with Crippen molar-refractivity contribution in [1.82, 2.24) is 14.7 Å². The maximum absolute atomic E-state index is 12.8. The van der Waals surface area contributed by atoms with E-state index < -0.39 is 11.9 Å². The van der Waals surface area contributed by atoms with Crippen LogP contribution in [-0.4, -0.2) is 41.4 Å². The van der Waals surface area contributed by atoms with E-state index in [9.17, 15) is 18.0 Å². The summed E-state index contributed by atoms with van der Waals surface area (Å²) in [5.74, 6) is 1.10. The van der Waals surface area contributed by atoms with Crippen molar-refractivity contribution in [2.75, 3.05) is 20.8 Å². The van der Waals surface area contributed by atoms with Gasteiger partial charge in [-0.3, -0.25) is 9.48 Å². The number of hydrogen-bond acceptors (Lipinski definition) is 4. The number of benzene rings is 1. The minimum absolute atomic E-state index is 0.0869. The zero-order chi connectivity index (χ0) is 21.2. The van der Waals surface area contributed by atoms with Crippen molar-refractivity contribution in [3.63, 3.8) is 0 Å². The summed E-state index contributed by atoms with van der Waals surface area (Å²) in [6.07, 6.45) is -2.72. The molecule has 1 fully saturated rings. The molecule has 1 aliphatic heterocycles. The number of alkyl halides is 3. The zero-order valence-electron chi connectivity index (χ0n) is 16.6. The number of methoxy groups -OCH3 is 2. The molecule has 0 saturated carbocycles. The van der Waals surface area contributed by atoms with Gasteiger partial charge in [-0.25, -0.2) is 0 Å². The predicted molar refractivity (Wildman–Crippen MR) is 99.8 cm³/mol. The van der Waals surface area contributed by atoms with Crippen LogP contribution in [0.3, 0.4) is 0 Å². The summed E-state index contributed by atoms with van der Waals surface area (Å²) >= 11 is 0. The Bertz CT molecular complexity index is 880. The van der Waals surface area contributed by atoms with E-state index in [1.54, 1.807) is 32.1 Å². The van der Waals surface area contributed by atoms with E-state index in [4.69, 9.17) is 9.47 Å². The van der Waals surface area contributed by atoms with Crippen molar-refractivity contribution in [3.05, 3.63) is 41.2 Å². The Labute approximate surface area is 167 Å². The molecule has 0 bridgehead atoms. The zero-order valence-corrected chi connectivity index (χ0v) is 16.6. The van der Waals surface area contributed by atoms with Gasteiger partial charge in [0.25, 0.3) is 0 Å². The molecule has 0 radical (unpaired) electrons. The van der Waals surface area contributed by atoms with Crippen LogP contribution in [-0.2, 0) is 17.5 Å². The summed E-state index contributed by atoms with van der Waals surface area (Å²) in [4.78, 5) is 14.6. The Kier molecular flexibility index (Phi) is 6.04. The molecule has 1 unspecified atom stereocenters. The molecular weight excluding hydrogens is 387 g/mol. The fourth-order valence-corrected chi connectivity index (χ4v) is 3.69. The summed E-state index contributed by atoms with van der Waals surface area (Å²) in [6.45, 7) is 2.27. The Morgan fingerprint density at radius 3 is 2.55 bits per heavy atom. The smallest absolute Gasteiger partial charge is 0.435 e. The van der Waals surface area contributed by atoms with Crippen LogP contribution in [0.1, 0.15) is 42.3 Å². The monoisotopic (exact) mass is 411 g/mol. The number of halogens is 3. The van der Waals surface area contributed by atoms with Crippen LogP contribution in [0.25, 0.3) is 0 Å². The molecule has 158 valence electrons. The van der Waals surface area contributed by atoms with Crippen LogP contribution < -0.4 is 9.47 Å². The van der Waals surface area contributed by atoms with E-state index >= 15 is 0 Å². The first-order valence-electron chi connectivity index (χ1n) is 9.37. The SMILES string of the molecule is COc1ccc(C2CCCN2C(=O)CCn2nc(C(F)(F)F)cc2C)cc1OC. The molecule has 1 aromatic carbocycles. The molecule has 0 N–H and O–H groups in total. The fourth-order valence-electron chi connectivity index (χ4n) is 3.69. The largest absolute Gasteiger partial charge is 0.493 e. The predicted octanol–water partition coefficient (Wildman–Crippen LogP) is 3.98. The summed E-state index contributed by atoms with van der Waals surface area (Å²) < 4.78 is 50.3. The van der Waals surface area contributed by atoms with Gasteiger partial charge in [-0.1, -0.05) is 6.07 Å². The molecule has 1 atom stereocenters. The minimum atomic E-state index is -4.49. The quantitative estimate of drug-likeness (QED) is 0.722. The van der Waals surface area contributed by atoms with Crippen molar-refractivity contribution in [3.8, 4) is 11.5 Å². The topological polar surface area (TPSA) is 56.6 Å². The van der Waals surface area contributed by atoms with Gasteiger partial charge in [0, 0.05) is 25.2 Å². The Balaban J connectivity index is 1.70. The number of rotatable bonds is 6. The molecule has 3 rings (SSSR count). The van der Waals surface area contributed by atoms with Crippen LogP contribution in [0.5, 0.6) is 11.5 Å². The third-order valence-corrected chi connectivity index (χ3v) is 5.17. The van der Waals surface area contributed by atoms with Gasteiger partial charge in [-0.15, -0.1) is 0 Å². The molecule has 6 nitrogen and oxygen atoms in total. The normalized spacial score (nSPS) is 16.9. The third kappa shape index (κ3) is 4.49. The molecule has 1 aliphatic rings. The number of carbonyl (C=O) groups excluding carboxylic acids is 1. The second-order valence-corrected chi connectivity index (χ2v) is 7.00. The standard InChI is InChI=1S/C20H24F3N3O3/c1-13-11-18(20(21,22)23)24-26(13)10-8-19(27)25-9-4-5-15(25)14-6-7-16(28-2)17(12-14)29-3/h6-7,11-12,15H,4-5,8-10H2,1-3H3. The first-order chi connectivity index (χ1) is 13.7. The van der Waals surface area contributed by atoms with Gasteiger partial charge in [0.2, 0.25) is 5.91 Å². The van der Waals surface area contributed by atoms with Gasteiger partial charge in [-0.05, 0) is 43.5 Å². The fraction of sp³-hybridized carbons (Fsp3) is 0.500. The highest BCUT2D eigenvalue weighted by atomic mass is 19.4. The van der Waals surface area contributed by atoms with Crippen molar-refractivity contribution < 1.29 is 27.4 Å². The molecule has 2 heterocycles. The Morgan fingerprint density at radius 1 is 1.21 bits per heavy atom. The van der Waals surface area contributed by atoms with E-state index in [-0.39, 0.29) is 24.9 Å². The van der Waals surface area contributed by atoms with E-state index in [1.807, 2.05) is 12.1 Å². The number of carbonyl (C=O) groups is 1. The van der Waals surface area contributed by atoms with Crippen molar-refractivity contribution in [2.45, 2.75) is 44.9 Å². The molecule has 0 spiro atoms. The number of aromatic nitrogens is 2. The maximum Gasteiger partial charge on any atom is 0.435 e. The second kappa shape index (κ2) is 8.34. The van der Waals surface area contributed by atoms with Crippen LogP contribution in [0.15, 0.2) is 24.3 Å². The molecule has 1 aromatic heterocycles. The van der Waals surface area contributed by atoms with E-state index in [1.165, 1.54) is 4.68 Å². The third-order valence-electron chi connectivity index (χ3n) is 5.17. The number of hydrogen-bond donors (Lipinski definition) is 0. The van der Waals surface area contributed by atoms with Gasteiger partial charge in [-0.2, -0.15) is 18.3 Å². The molecular formula is C20H24F3N3O3. The highest BCUT2D eigenvalue weighted by Gasteiger charge is 2.35. The van der Waals surface area contributed by atoms with Gasteiger partial charge in [0.1, 0.15) is 0 Å². The average molecular weight is 411 g/mol. The number of amides is 1. The van der Waals surface area contributed by atoms with Crippen LogP contribution >= 0.6 is 0 Å². The second-order valence-electron chi connectivity index (χ2n) is 7.00. The lowest BCUT2D eigenvalue weighted by Crippen LogP contribution is -2.31. The van der Waals surface area contributed by atoms with E-state index in [2.05, 4.69) is 5.10 Å². The molecule has 9 heteroatoms. The van der Waals surface area contributed by atoms with Gasteiger partial charge < -0.3 is 14.4 Å². The lowest BCUT2D eigenvalue weighted by atomic mass is 10.0. The molecule has 2 aromatic rings. The first-order valence-corrected chi connectivity index (χ1v) is 9.37. The number of aryl methyl sites for hydroxylation is 2. The summed E-state index contributed by atoms with van der Waals surface area (Å²) in [5, 5.41) is 3.59. The van der Waals surface area contributed by atoms with Crippen LogP contribution in [0.2, 0.25) is 0 Å². The maximum atomic E-state index is 12.8. The van der Waals surface area contributed by atoms with Crippen molar-refractivity contribution >= 4 is 5.91 Å². The van der Waals surface area contributed by atoms with Crippen LogP contribution in [0, 0.1) is 6.92 Å². The minimum Gasteiger partial charge on any atom is -0.493 e. The number of ether oxygens (including phenoxy) is 2. The Hall–Kier alpha value is -2.71. The lowest BCUT2D eigenvalue weighted by molar-refractivity contribution is -0.141. The average Bonchev–Trinajstić information content (AvgIpc) is 3.32. The highest BCUT2D eigenvalue weighted by molar-refractivity contribution is 5.77. The highest BCUT2D eigenvalue weighted by Crippen LogP contribution is 2.37. The number of likely N-dealkylation sites (tertiary alicyclic amines) is 1. The molecule has 29 heavy (non-hydrogen) atoms. The molecule has 1 saturated heterocycles. The van der Waals surface area contributed by atoms with Crippen molar-refractivity contribution in [1.29, 1.82) is 0 Å². The van der Waals surface area contributed by atoms with Gasteiger partial charge in [0.15, 0.2) is 17.2 Å². The molecule has 0 aliphatic carbocycles. The van der Waals surface area contributed by atoms with Crippen molar-refractivity contribution in [2.24, 2.45) is 0 Å². The lowest BCUT2D eigenvalue weighted by Gasteiger charge is -2.26. The Morgan fingerprint density at radius 2 is 1.93 bits per heavy atom. The number of nitrogens with zero attached hydrogens (tertiary/aromatic N) is 3. The molecule has 1 amide bonds. The van der Waals surface area contributed by atoms with Gasteiger partial charge >= 0.3 is 6.18 Å². The van der Waals surface area contributed by atoms with Gasteiger partial charge in [0.05, 0.1) is 20.3 Å². The van der Waals surface area contributed by atoms with E-state index in [0.29, 0.717) is 23.7 Å².